The van der Waals surface area contributed by atoms with Gasteiger partial charge in [-0.25, -0.2) is 4.79 Å². The summed E-state index contributed by atoms with van der Waals surface area (Å²) in [6, 6.07) is 13.6. The summed E-state index contributed by atoms with van der Waals surface area (Å²) in [6.07, 6.45) is 3.03. The fraction of sp³-hybridized carbons (Fsp3) is 0.440. The van der Waals surface area contributed by atoms with Crippen LogP contribution in [0.4, 0.5) is 10.5 Å². The zero-order chi connectivity index (χ0) is 24.0. The highest BCUT2D eigenvalue weighted by atomic mass is 28.3. The van der Waals surface area contributed by atoms with E-state index in [9.17, 15) is 14.7 Å². The molecule has 7 nitrogen and oxygen atoms in total. The average Bonchev–Trinajstić information content (AvgIpc) is 2.83. The number of hydrogen-bond acceptors (Lipinski definition) is 4. The van der Waals surface area contributed by atoms with Crippen molar-refractivity contribution in [3.05, 3.63) is 54.1 Å². The van der Waals surface area contributed by atoms with Crippen molar-refractivity contribution in [2.75, 3.05) is 31.8 Å². The van der Waals surface area contributed by atoms with Gasteiger partial charge in [0.05, 0.1) is 15.2 Å². The molecule has 8 heteroatoms. The number of ether oxygens (including phenoxy) is 1. The summed E-state index contributed by atoms with van der Waals surface area (Å²) < 4.78 is 5.23. The van der Waals surface area contributed by atoms with Crippen molar-refractivity contribution in [2.45, 2.75) is 44.9 Å². The van der Waals surface area contributed by atoms with Gasteiger partial charge < -0.3 is 20.1 Å². The number of aliphatic hydroxyl groups excluding tert-OH is 1. The van der Waals surface area contributed by atoms with E-state index >= 15 is 0 Å². The smallest absolute Gasteiger partial charge is 0.318 e. The molecule has 1 heterocycles. The summed E-state index contributed by atoms with van der Waals surface area (Å²) >= 11 is 0. The van der Waals surface area contributed by atoms with E-state index in [1.807, 2.05) is 24.3 Å². The minimum Gasteiger partial charge on any atom is -0.497 e. The van der Waals surface area contributed by atoms with E-state index < -0.39 is 26.8 Å². The number of aliphatic hydroxyl groups is 1. The second-order valence-corrected chi connectivity index (χ2v) is 14.5. The predicted octanol–water partition coefficient (Wildman–Crippen LogP) is 3.46. The lowest BCUT2D eigenvalue weighted by atomic mass is 10.0. The molecule has 1 unspecified atom stereocenters. The number of nitrogens with zero attached hydrogens (tertiary/aromatic N) is 2. The maximum atomic E-state index is 13.6. The molecule has 2 aromatic rings. The van der Waals surface area contributed by atoms with Crippen LogP contribution in [0.15, 0.2) is 48.5 Å². The van der Waals surface area contributed by atoms with E-state index in [1.165, 1.54) is 10.1 Å². The molecule has 3 amide bonds. The number of hydrogen-bond donors (Lipinski definition) is 2. The fourth-order valence-electron chi connectivity index (χ4n) is 3.97. The molecule has 3 rings (SSSR count). The first-order chi connectivity index (χ1) is 15.7. The number of likely N-dealkylation sites (tertiary alicyclic amines) is 1. The molecule has 178 valence electrons. The Morgan fingerprint density at radius 3 is 2.15 bits per heavy atom. The third-order valence-electron chi connectivity index (χ3n) is 6.06. The number of rotatable bonds is 7. The van der Waals surface area contributed by atoms with E-state index in [1.54, 1.807) is 36.3 Å². The number of carbonyl (C=O) groups excluding carboxylic acids is 2. The van der Waals surface area contributed by atoms with Crippen LogP contribution in [0.2, 0.25) is 19.6 Å². The minimum atomic E-state index is -1.49. The highest BCUT2D eigenvalue weighted by Gasteiger charge is 2.30. The van der Waals surface area contributed by atoms with Gasteiger partial charge in [0.2, 0.25) is 0 Å². The summed E-state index contributed by atoms with van der Waals surface area (Å²) in [5, 5.41) is 14.3. The Morgan fingerprint density at radius 1 is 1.03 bits per heavy atom. The predicted molar refractivity (Wildman–Crippen MR) is 134 cm³/mol. The van der Waals surface area contributed by atoms with Crippen LogP contribution in [0.1, 0.15) is 30.9 Å². The SMILES string of the molecule is COc1ccc(C(NC(=O)N2CCCCC2)C(=O)N(CO)c2ccc([Si](C)(C)C)cc2)cc1. The fourth-order valence-corrected chi connectivity index (χ4v) is 5.14. The Morgan fingerprint density at radius 2 is 1.64 bits per heavy atom. The van der Waals surface area contributed by atoms with Gasteiger partial charge in [0.1, 0.15) is 18.5 Å². The van der Waals surface area contributed by atoms with Crippen LogP contribution in [0.3, 0.4) is 0 Å². The molecular weight excluding hydrogens is 434 g/mol. The number of carbonyl (C=O) groups is 2. The first-order valence-corrected chi connectivity index (χ1v) is 15.0. The first kappa shape index (κ1) is 24.8. The van der Waals surface area contributed by atoms with Crippen molar-refractivity contribution in [3.8, 4) is 5.75 Å². The summed E-state index contributed by atoms with van der Waals surface area (Å²) in [7, 11) is 0.0834. The van der Waals surface area contributed by atoms with Crippen LogP contribution in [0.5, 0.6) is 5.75 Å². The van der Waals surface area contributed by atoms with Gasteiger partial charge in [-0.1, -0.05) is 49.1 Å². The quantitative estimate of drug-likeness (QED) is 0.481. The van der Waals surface area contributed by atoms with Crippen LogP contribution in [0, 0.1) is 0 Å². The van der Waals surface area contributed by atoms with E-state index in [4.69, 9.17) is 4.74 Å². The van der Waals surface area contributed by atoms with Crippen molar-refractivity contribution >= 4 is 30.9 Å². The molecule has 1 saturated heterocycles. The summed E-state index contributed by atoms with van der Waals surface area (Å²) in [6.45, 7) is 7.64. The van der Waals surface area contributed by atoms with Crippen molar-refractivity contribution < 1.29 is 19.4 Å². The topological polar surface area (TPSA) is 82.1 Å². The third kappa shape index (κ3) is 6.14. The zero-order valence-electron chi connectivity index (χ0n) is 20.0. The molecule has 0 spiro atoms. The summed E-state index contributed by atoms with van der Waals surface area (Å²) in [5.41, 5.74) is 1.22. The lowest BCUT2D eigenvalue weighted by Gasteiger charge is -2.31. The molecule has 0 radical (unpaired) electrons. The minimum absolute atomic E-state index is 0.268. The van der Waals surface area contributed by atoms with Gasteiger partial charge in [0.15, 0.2) is 0 Å². The van der Waals surface area contributed by atoms with Crippen LogP contribution in [-0.4, -0.2) is 56.9 Å². The Hall–Kier alpha value is -2.84. The van der Waals surface area contributed by atoms with Crippen molar-refractivity contribution in [1.82, 2.24) is 10.2 Å². The molecule has 0 aromatic heterocycles. The molecule has 1 atom stereocenters. The van der Waals surface area contributed by atoms with E-state index in [2.05, 4.69) is 25.0 Å². The van der Waals surface area contributed by atoms with Crippen LogP contribution < -0.4 is 20.1 Å². The Bertz CT molecular complexity index is 936. The molecule has 1 aliphatic heterocycles. The van der Waals surface area contributed by atoms with Crippen molar-refractivity contribution in [2.24, 2.45) is 0 Å². The van der Waals surface area contributed by atoms with Crippen molar-refractivity contribution in [1.29, 1.82) is 0 Å². The Balaban J connectivity index is 1.89. The van der Waals surface area contributed by atoms with Gasteiger partial charge in [-0.2, -0.15) is 0 Å². The molecular formula is C25H35N3O4Si. The van der Waals surface area contributed by atoms with Gasteiger partial charge in [-0.05, 0) is 49.1 Å². The van der Waals surface area contributed by atoms with Gasteiger partial charge in [0.25, 0.3) is 5.91 Å². The van der Waals surface area contributed by atoms with Crippen LogP contribution >= 0.6 is 0 Å². The second-order valence-electron chi connectivity index (χ2n) is 9.41. The van der Waals surface area contributed by atoms with E-state index in [0.29, 0.717) is 30.1 Å². The lowest BCUT2D eigenvalue weighted by molar-refractivity contribution is -0.121. The number of urea groups is 1. The molecule has 2 aromatic carbocycles. The molecule has 0 saturated carbocycles. The molecule has 33 heavy (non-hydrogen) atoms. The summed E-state index contributed by atoms with van der Waals surface area (Å²) in [5.74, 6) is 0.266. The Kier molecular flexibility index (Phi) is 8.15. The maximum absolute atomic E-state index is 13.6. The molecule has 0 bridgehead atoms. The van der Waals surface area contributed by atoms with Gasteiger partial charge >= 0.3 is 6.03 Å². The third-order valence-corrected chi connectivity index (χ3v) is 8.13. The Labute approximate surface area is 197 Å². The standard InChI is InChI=1S/C25H35N3O4Si/c1-32-21-12-8-19(9-13-21)23(26-25(31)27-16-6-5-7-17-27)24(30)28(18-29)20-10-14-22(15-11-20)33(2,3)4/h8-15,23,29H,5-7,16-18H2,1-4H3,(H,26,31). The van der Waals surface area contributed by atoms with Gasteiger partial charge in [-0.3, -0.25) is 9.69 Å². The molecule has 1 fully saturated rings. The number of anilines is 1. The largest absolute Gasteiger partial charge is 0.497 e. The zero-order valence-corrected chi connectivity index (χ0v) is 21.0. The van der Waals surface area contributed by atoms with Crippen LogP contribution in [0.25, 0.3) is 0 Å². The monoisotopic (exact) mass is 469 g/mol. The molecule has 2 N–H and O–H groups in total. The number of nitrogens with one attached hydrogen (secondary N) is 1. The molecule has 0 aliphatic carbocycles. The average molecular weight is 470 g/mol. The second kappa shape index (κ2) is 10.9. The normalized spacial score (nSPS) is 15.0. The number of benzene rings is 2. The van der Waals surface area contributed by atoms with E-state index in [0.717, 1.165) is 19.3 Å². The first-order valence-electron chi connectivity index (χ1n) is 11.5. The lowest BCUT2D eigenvalue weighted by Crippen LogP contribution is -2.49. The highest BCUT2D eigenvalue weighted by molar-refractivity contribution is 6.88. The highest BCUT2D eigenvalue weighted by Crippen LogP contribution is 2.24. The number of piperidine rings is 1. The van der Waals surface area contributed by atoms with Gasteiger partial charge in [-0.15, -0.1) is 0 Å². The van der Waals surface area contributed by atoms with Crippen LogP contribution in [-0.2, 0) is 4.79 Å². The van der Waals surface area contributed by atoms with Gasteiger partial charge in [0, 0.05) is 18.8 Å². The number of methoxy groups -OCH3 is 1. The number of amides is 3. The summed E-state index contributed by atoms with van der Waals surface area (Å²) in [4.78, 5) is 29.7. The molecule has 1 aliphatic rings. The van der Waals surface area contributed by atoms with Crippen molar-refractivity contribution in [3.63, 3.8) is 0 Å². The van der Waals surface area contributed by atoms with E-state index in [-0.39, 0.29) is 6.03 Å². The maximum Gasteiger partial charge on any atom is 0.318 e.